The van der Waals surface area contributed by atoms with Crippen molar-refractivity contribution in [3.63, 3.8) is 0 Å². The molecule has 20 heavy (non-hydrogen) atoms. The molecule has 0 radical (unpaired) electrons. The molecule has 1 aliphatic carbocycles. The van der Waals surface area contributed by atoms with Crippen LogP contribution in [0.25, 0.3) is 0 Å². The van der Waals surface area contributed by atoms with E-state index in [4.69, 9.17) is 21.7 Å². The summed E-state index contributed by atoms with van der Waals surface area (Å²) in [5, 5.41) is 3.40. The van der Waals surface area contributed by atoms with Crippen molar-refractivity contribution in [2.24, 2.45) is 5.92 Å². The van der Waals surface area contributed by atoms with E-state index in [2.05, 4.69) is 16.2 Å². The Balaban J connectivity index is 1.44. The van der Waals surface area contributed by atoms with Crippen LogP contribution in [0, 0.1) is 5.92 Å². The van der Waals surface area contributed by atoms with E-state index < -0.39 is 0 Å². The Kier molecular flexibility index (Phi) is 3.60. The van der Waals surface area contributed by atoms with Gasteiger partial charge in [0.2, 0.25) is 12.7 Å². The maximum atomic E-state index is 11.4. The monoisotopic (exact) mass is 293 g/mol. The lowest BCUT2D eigenvalue weighted by Gasteiger charge is -2.11. The normalized spacial score (nSPS) is 15.6. The van der Waals surface area contributed by atoms with Crippen LogP contribution < -0.4 is 25.6 Å². The van der Waals surface area contributed by atoms with Crippen LogP contribution in [0.2, 0.25) is 0 Å². The molecule has 1 amide bonds. The van der Waals surface area contributed by atoms with Gasteiger partial charge < -0.3 is 14.8 Å². The highest BCUT2D eigenvalue weighted by atomic mass is 32.1. The molecule has 3 rings (SSSR count). The first-order chi connectivity index (χ1) is 9.72. The fourth-order valence-corrected chi connectivity index (χ4v) is 1.97. The lowest BCUT2D eigenvalue weighted by Crippen LogP contribution is -2.47. The molecule has 1 heterocycles. The van der Waals surface area contributed by atoms with Crippen LogP contribution in [0.1, 0.15) is 18.4 Å². The van der Waals surface area contributed by atoms with Crippen molar-refractivity contribution >= 4 is 23.2 Å². The molecule has 0 bridgehead atoms. The van der Waals surface area contributed by atoms with Gasteiger partial charge >= 0.3 is 0 Å². The van der Waals surface area contributed by atoms with Crippen LogP contribution in [-0.2, 0) is 11.3 Å². The number of hydrazine groups is 1. The maximum absolute atomic E-state index is 11.4. The Labute approximate surface area is 121 Å². The summed E-state index contributed by atoms with van der Waals surface area (Å²) in [4.78, 5) is 11.4. The number of benzene rings is 1. The summed E-state index contributed by atoms with van der Waals surface area (Å²) < 4.78 is 10.5. The Morgan fingerprint density at radius 2 is 2.05 bits per heavy atom. The minimum atomic E-state index is -0.00257. The van der Waals surface area contributed by atoms with Crippen molar-refractivity contribution < 1.29 is 14.3 Å². The average molecular weight is 293 g/mol. The van der Waals surface area contributed by atoms with E-state index in [9.17, 15) is 4.79 Å². The number of ether oxygens (including phenoxy) is 2. The molecule has 1 saturated carbocycles. The molecule has 0 saturated heterocycles. The topological polar surface area (TPSA) is 71.6 Å². The van der Waals surface area contributed by atoms with Gasteiger partial charge in [-0.2, -0.15) is 0 Å². The fourth-order valence-electron chi connectivity index (χ4n) is 1.84. The minimum Gasteiger partial charge on any atom is -0.454 e. The highest BCUT2D eigenvalue weighted by molar-refractivity contribution is 7.80. The van der Waals surface area contributed by atoms with Crippen LogP contribution >= 0.6 is 12.2 Å². The molecular weight excluding hydrogens is 278 g/mol. The Morgan fingerprint density at radius 3 is 2.85 bits per heavy atom. The second-order valence-electron chi connectivity index (χ2n) is 4.76. The van der Waals surface area contributed by atoms with E-state index in [0.717, 1.165) is 29.9 Å². The van der Waals surface area contributed by atoms with Gasteiger partial charge in [0.15, 0.2) is 16.6 Å². The van der Waals surface area contributed by atoms with Gasteiger partial charge in [-0.1, -0.05) is 6.07 Å². The summed E-state index contributed by atoms with van der Waals surface area (Å²) in [6.45, 7) is 0.807. The number of thiocarbonyl (C=S) groups is 1. The smallest absolute Gasteiger partial charge is 0.241 e. The fraction of sp³-hybridized carbons (Fsp3) is 0.385. The predicted molar refractivity (Wildman–Crippen MR) is 76.0 cm³/mol. The van der Waals surface area contributed by atoms with E-state index in [-0.39, 0.29) is 18.6 Å². The molecule has 106 valence electrons. The highest BCUT2D eigenvalue weighted by Crippen LogP contribution is 2.32. The third kappa shape index (κ3) is 3.11. The number of rotatable bonds is 3. The van der Waals surface area contributed by atoms with E-state index in [0.29, 0.717) is 11.7 Å². The number of carbonyl (C=O) groups is 1. The molecule has 3 N–H and O–H groups in total. The van der Waals surface area contributed by atoms with Gasteiger partial charge in [0.1, 0.15) is 0 Å². The van der Waals surface area contributed by atoms with Crippen LogP contribution in [0.4, 0.5) is 0 Å². The summed E-state index contributed by atoms with van der Waals surface area (Å²) >= 11 is 5.09. The van der Waals surface area contributed by atoms with E-state index in [1.807, 2.05) is 18.2 Å². The number of amides is 1. The number of nitrogens with one attached hydrogen (secondary N) is 3. The molecule has 0 unspecified atom stereocenters. The molecule has 0 atom stereocenters. The second-order valence-corrected chi connectivity index (χ2v) is 5.17. The number of hydrogen-bond donors (Lipinski definition) is 3. The SMILES string of the molecule is O=C(NNC(=S)NCc1ccc2c(c1)OCO2)C1CC1. The van der Waals surface area contributed by atoms with Crippen LogP contribution in [0.5, 0.6) is 11.5 Å². The number of fused-ring (bicyclic) bond motifs is 1. The second kappa shape index (κ2) is 5.54. The largest absolute Gasteiger partial charge is 0.454 e. The Morgan fingerprint density at radius 1 is 1.25 bits per heavy atom. The van der Waals surface area contributed by atoms with Gasteiger partial charge in [0.25, 0.3) is 0 Å². The van der Waals surface area contributed by atoms with Gasteiger partial charge in [0.05, 0.1) is 0 Å². The molecule has 0 aromatic heterocycles. The van der Waals surface area contributed by atoms with Gasteiger partial charge in [-0.3, -0.25) is 15.6 Å². The average Bonchev–Trinajstić information content (AvgIpc) is 3.20. The van der Waals surface area contributed by atoms with Gasteiger partial charge in [-0.05, 0) is 42.8 Å². The van der Waals surface area contributed by atoms with E-state index >= 15 is 0 Å². The summed E-state index contributed by atoms with van der Waals surface area (Å²) in [5.74, 6) is 1.65. The van der Waals surface area contributed by atoms with Crippen molar-refractivity contribution in [3.8, 4) is 11.5 Å². The van der Waals surface area contributed by atoms with Crippen LogP contribution in [-0.4, -0.2) is 17.8 Å². The molecule has 7 heteroatoms. The lowest BCUT2D eigenvalue weighted by atomic mass is 10.2. The molecule has 2 aliphatic rings. The standard InChI is InChI=1S/C13H15N3O3S/c17-12(9-2-3-9)15-16-13(20)14-6-8-1-4-10-11(5-8)19-7-18-10/h1,4-5,9H,2-3,6-7H2,(H,15,17)(H2,14,16,20). The van der Waals surface area contributed by atoms with Crippen LogP contribution in [0.15, 0.2) is 18.2 Å². The van der Waals surface area contributed by atoms with Gasteiger partial charge in [0, 0.05) is 12.5 Å². The first-order valence-corrected chi connectivity index (χ1v) is 6.85. The Bertz CT molecular complexity index is 546. The number of carbonyl (C=O) groups excluding carboxylic acids is 1. The van der Waals surface area contributed by atoms with Crippen molar-refractivity contribution in [1.82, 2.24) is 16.2 Å². The summed E-state index contributed by atoms with van der Waals surface area (Å²) in [7, 11) is 0. The van der Waals surface area contributed by atoms with Crippen molar-refractivity contribution in [2.45, 2.75) is 19.4 Å². The Hall–Kier alpha value is -2.02. The van der Waals surface area contributed by atoms with E-state index in [1.54, 1.807) is 0 Å². The molecule has 1 aromatic rings. The molecule has 0 spiro atoms. The molecule has 6 nitrogen and oxygen atoms in total. The lowest BCUT2D eigenvalue weighted by molar-refractivity contribution is -0.122. The summed E-state index contributed by atoms with van der Waals surface area (Å²) in [6, 6.07) is 5.71. The minimum absolute atomic E-state index is 0.00257. The van der Waals surface area contributed by atoms with Gasteiger partial charge in [-0.25, -0.2) is 0 Å². The molecular formula is C13H15N3O3S. The summed E-state index contributed by atoms with van der Waals surface area (Å²) in [6.07, 6.45) is 1.93. The first-order valence-electron chi connectivity index (χ1n) is 6.44. The first kappa shape index (κ1) is 13.0. The zero-order chi connectivity index (χ0) is 13.9. The highest BCUT2D eigenvalue weighted by Gasteiger charge is 2.29. The quantitative estimate of drug-likeness (QED) is 0.566. The number of hydrogen-bond acceptors (Lipinski definition) is 4. The van der Waals surface area contributed by atoms with Crippen LogP contribution in [0.3, 0.4) is 0 Å². The van der Waals surface area contributed by atoms with Crippen molar-refractivity contribution in [1.29, 1.82) is 0 Å². The zero-order valence-corrected chi connectivity index (χ0v) is 11.6. The predicted octanol–water partition coefficient (Wildman–Crippen LogP) is 0.821. The van der Waals surface area contributed by atoms with E-state index in [1.165, 1.54) is 0 Å². The third-order valence-electron chi connectivity index (χ3n) is 3.14. The summed E-state index contributed by atoms with van der Waals surface area (Å²) in [5.41, 5.74) is 6.30. The molecule has 1 aliphatic heterocycles. The van der Waals surface area contributed by atoms with Gasteiger partial charge in [-0.15, -0.1) is 0 Å². The third-order valence-corrected chi connectivity index (χ3v) is 3.38. The zero-order valence-electron chi connectivity index (χ0n) is 10.8. The molecule has 1 aromatic carbocycles. The van der Waals surface area contributed by atoms with Crippen molar-refractivity contribution in [2.75, 3.05) is 6.79 Å². The molecule has 1 fully saturated rings. The van der Waals surface area contributed by atoms with Crippen molar-refractivity contribution in [3.05, 3.63) is 23.8 Å². The maximum Gasteiger partial charge on any atom is 0.241 e.